The summed E-state index contributed by atoms with van der Waals surface area (Å²) in [7, 11) is 0. The Hall–Kier alpha value is -2.63. The van der Waals surface area contributed by atoms with Crippen molar-refractivity contribution in [2.75, 3.05) is 31.1 Å². The van der Waals surface area contributed by atoms with Gasteiger partial charge in [0.1, 0.15) is 5.75 Å². The molecule has 1 aliphatic heterocycles. The van der Waals surface area contributed by atoms with E-state index >= 15 is 0 Å². The van der Waals surface area contributed by atoms with Crippen LogP contribution in [-0.4, -0.2) is 53.1 Å². The third kappa shape index (κ3) is 4.26. The number of hydrogen-bond acceptors (Lipinski definition) is 5. The lowest BCUT2D eigenvalue weighted by Crippen LogP contribution is -2.52. The van der Waals surface area contributed by atoms with Gasteiger partial charge in [0, 0.05) is 38.6 Å². The van der Waals surface area contributed by atoms with Gasteiger partial charge < -0.3 is 14.5 Å². The highest BCUT2D eigenvalue weighted by Gasteiger charge is 2.26. The Bertz CT molecular complexity index is 682. The fraction of sp³-hybridized carbons (Fsp3) is 0.421. The Morgan fingerprint density at radius 1 is 1.12 bits per heavy atom. The van der Waals surface area contributed by atoms with Crippen LogP contribution in [0.4, 0.5) is 5.95 Å². The van der Waals surface area contributed by atoms with Crippen molar-refractivity contribution >= 4 is 11.9 Å². The molecule has 0 saturated carbocycles. The van der Waals surface area contributed by atoms with Gasteiger partial charge in [-0.3, -0.25) is 4.79 Å². The molecule has 0 spiro atoms. The summed E-state index contributed by atoms with van der Waals surface area (Å²) in [6.45, 7) is 6.69. The lowest BCUT2D eigenvalue weighted by Gasteiger charge is -2.35. The first-order valence-corrected chi connectivity index (χ1v) is 8.73. The second-order valence-corrected chi connectivity index (χ2v) is 6.12. The van der Waals surface area contributed by atoms with Crippen molar-refractivity contribution in [1.29, 1.82) is 0 Å². The summed E-state index contributed by atoms with van der Waals surface area (Å²) in [4.78, 5) is 25.1. The van der Waals surface area contributed by atoms with E-state index in [1.54, 1.807) is 18.5 Å². The molecule has 1 fully saturated rings. The third-order valence-electron chi connectivity index (χ3n) is 4.42. The van der Waals surface area contributed by atoms with Gasteiger partial charge in [-0.1, -0.05) is 19.1 Å². The molecule has 1 atom stereocenters. The summed E-state index contributed by atoms with van der Waals surface area (Å²) in [5.41, 5.74) is 1.26. The van der Waals surface area contributed by atoms with E-state index in [1.165, 1.54) is 5.56 Å². The van der Waals surface area contributed by atoms with Crippen LogP contribution in [0.15, 0.2) is 42.7 Å². The quantitative estimate of drug-likeness (QED) is 0.835. The molecule has 2 heterocycles. The zero-order valence-corrected chi connectivity index (χ0v) is 14.8. The number of hydrogen-bond donors (Lipinski definition) is 0. The van der Waals surface area contributed by atoms with E-state index in [0.717, 1.165) is 31.2 Å². The van der Waals surface area contributed by atoms with Crippen LogP contribution in [0.1, 0.15) is 19.4 Å². The monoisotopic (exact) mass is 340 g/mol. The van der Waals surface area contributed by atoms with E-state index in [9.17, 15) is 4.79 Å². The number of carbonyl (C=O) groups is 1. The van der Waals surface area contributed by atoms with Crippen LogP contribution in [0, 0.1) is 0 Å². The number of aromatic nitrogens is 2. The fourth-order valence-corrected chi connectivity index (χ4v) is 2.90. The summed E-state index contributed by atoms with van der Waals surface area (Å²) in [6, 6.07) is 9.71. The van der Waals surface area contributed by atoms with Crippen molar-refractivity contribution in [3.05, 3.63) is 48.3 Å². The van der Waals surface area contributed by atoms with Crippen molar-refractivity contribution in [3.63, 3.8) is 0 Å². The maximum Gasteiger partial charge on any atom is 0.263 e. The van der Waals surface area contributed by atoms with Crippen LogP contribution in [0.2, 0.25) is 0 Å². The highest BCUT2D eigenvalue weighted by atomic mass is 16.5. The van der Waals surface area contributed by atoms with Crippen molar-refractivity contribution < 1.29 is 9.53 Å². The minimum absolute atomic E-state index is 0.0215. The Morgan fingerprint density at radius 2 is 1.76 bits per heavy atom. The standard InChI is InChI=1S/C19H24N4O2/c1-3-16-5-7-17(8-6-16)25-15(2)18(24)22-11-13-23(14-12-22)19-20-9-4-10-21-19/h4-10,15H,3,11-14H2,1-2H3. The molecule has 1 unspecified atom stereocenters. The topological polar surface area (TPSA) is 58.6 Å². The number of aryl methyl sites for hydroxylation is 1. The van der Waals surface area contributed by atoms with Crippen LogP contribution in [0.3, 0.4) is 0 Å². The summed E-state index contributed by atoms with van der Waals surface area (Å²) in [6.07, 6.45) is 3.97. The highest BCUT2D eigenvalue weighted by Crippen LogP contribution is 2.16. The molecule has 1 saturated heterocycles. The summed E-state index contributed by atoms with van der Waals surface area (Å²) >= 11 is 0. The second kappa shape index (κ2) is 7.96. The lowest BCUT2D eigenvalue weighted by molar-refractivity contribution is -0.138. The Morgan fingerprint density at radius 3 is 2.36 bits per heavy atom. The van der Waals surface area contributed by atoms with E-state index in [2.05, 4.69) is 21.8 Å². The van der Waals surface area contributed by atoms with Crippen LogP contribution in [0.25, 0.3) is 0 Å². The molecule has 0 aliphatic carbocycles. The molecular weight excluding hydrogens is 316 g/mol. The van der Waals surface area contributed by atoms with Crippen LogP contribution < -0.4 is 9.64 Å². The number of anilines is 1. The van der Waals surface area contributed by atoms with Crippen LogP contribution >= 0.6 is 0 Å². The zero-order chi connectivity index (χ0) is 17.6. The zero-order valence-electron chi connectivity index (χ0n) is 14.8. The van der Waals surface area contributed by atoms with Gasteiger partial charge in [-0.05, 0) is 37.1 Å². The van der Waals surface area contributed by atoms with Gasteiger partial charge in [0.15, 0.2) is 6.10 Å². The molecule has 0 bridgehead atoms. The van der Waals surface area contributed by atoms with Crippen molar-refractivity contribution in [2.45, 2.75) is 26.4 Å². The molecular formula is C19H24N4O2. The molecule has 1 aromatic heterocycles. The van der Waals surface area contributed by atoms with Gasteiger partial charge >= 0.3 is 0 Å². The predicted molar refractivity (Wildman–Crippen MR) is 96.7 cm³/mol. The molecule has 1 aliphatic rings. The van der Waals surface area contributed by atoms with E-state index < -0.39 is 6.10 Å². The molecule has 6 nitrogen and oxygen atoms in total. The first-order valence-electron chi connectivity index (χ1n) is 8.73. The second-order valence-electron chi connectivity index (χ2n) is 6.12. The van der Waals surface area contributed by atoms with Gasteiger partial charge in [-0.15, -0.1) is 0 Å². The molecule has 1 aromatic carbocycles. The van der Waals surface area contributed by atoms with Crippen molar-refractivity contribution in [2.24, 2.45) is 0 Å². The number of carbonyl (C=O) groups excluding carboxylic acids is 1. The number of ether oxygens (including phenoxy) is 1. The van der Waals surface area contributed by atoms with Crippen molar-refractivity contribution in [3.8, 4) is 5.75 Å². The minimum Gasteiger partial charge on any atom is -0.481 e. The van der Waals surface area contributed by atoms with E-state index in [1.807, 2.05) is 36.1 Å². The molecule has 25 heavy (non-hydrogen) atoms. The van der Waals surface area contributed by atoms with Gasteiger partial charge in [0.05, 0.1) is 0 Å². The number of amides is 1. The fourth-order valence-electron chi connectivity index (χ4n) is 2.90. The highest BCUT2D eigenvalue weighted by molar-refractivity contribution is 5.81. The van der Waals surface area contributed by atoms with E-state index in [0.29, 0.717) is 13.1 Å². The Kier molecular flexibility index (Phi) is 5.48. The molecule has 2 aromatic rings. The van der Waals surface area contributed by atoms with Gasteiger partial charge in [-0.25, -0.2) is 9.97 Å². The first-order chi connectivity index (χ1) is 12.2. The largest absolute Gasteiger partial charge is 0.481 e. The molecule has 3 rings (SSSR count). The van der Waals surface area contributed by atoms with Crippen LogP contribution in [-0.2, 0) is 11.2 Å². The van der Waals surface area contributed by atoms with Gasteiger partial charge in [0.25, 0.3) is 5.91 Å². The Labute approximate surface area is 148 Å². The maximum absolute atomic E-state index is 12.6. The predicted octanol–water partition coefficient (Wildman–Crippen LogP) is 2.16. The number of piperazine rings is 1. The summed E-state index contributed by atoms with van der Waals surface area (Å²) < 4.78 is 5.81. The third-order valence-corrected chi connectivity index (χ3v) is 4.42. The van der Waals surface area contributed by atoms with Gasteiger partial charge in [0.2, 0.25) is 5.95 Å². The molecule has 0 radical (unpaired) electrons. The smallest absolute Gasteiger partial charge is 0.263 e. The van der Waals surface area contributed by atoms with Crippen LogP contribution in [0.5, 0.6) is 5.75 Å². The maximum atomic E-state index is 12.6. The average Bonchev–Trinajstić information content (AvgIpc) is 2.69. The SMILES string of the molecule is CCc1ccc(OC(C)C(=O)N2CCN(c3ncccn3)CC2)cc1. The average molecular weight is 340 g/mol. The number of rotatable bonds is 5. The van der Waals surface area contributed by atoms with E-state index in [4.69, 9.17) is 4.74 Å². The Balaban J connectivity index is 1.52. The van der Waals surface area contributed by atoms with E-state index in [-0.39, 0.29) is 5.91 Å². The lowest BCUT2D eigenvalue weighted by atomic mass is 10.2. The first kappa shape index (κ1) is 17.2. The summed E-state index contributed by atoms with van der Waals surface area (Å²) in [5, 5.41) is 0. The number of nitrogens with zero attached hydrogens (tertiary/aromatic N) is 4. The minimum atomic E-state index is -0.494. The van der Waals surface area contributed by atoms with Crippen molar-refractivity contribution in [1.82, 2.24) is 14.9 Å². The molecule has 1 amide bonds. The van der Waals surface area contributed by atoms with Gasteiger partial charge in [-0.2, -0.15) is 0 Å². The normalized spacial score (nSPS) is 15.8. The number of benzene rings is 1. The molecule has 132 valence electrons. The molecule has 0 N–H and O–H groups in total. The molecule has 6 heteroatoms. The summed E-state index contributed by atoms with van der Waals surface area (Å²) in [5.74, 6) is 1.47.